The number of hydroxylamine groups is 1. The number of carboxylic acids is 1. The zero-order valence-electron chi connectivity index (χ0n) is 10.5. The Morgan fingerprint density at radius 2 is 2.00 bits per heavy atom. The second-order valence-electron chi connectivity index (χ2n) is 2.55. The topological polar surface area (TPSA) is 175 Å². The van der Waals surface area contributed by atoms with E-state index >= 15 is 0 Å². The van der Waals surface area contributed by atoms with Crippen LogP contribution in [0.5, 0.6) is 0 Å². The van der Waals surface area contributed by atoms with E-state index in [0.717, 1.165) is 0 Å². The number of nitrogens with two attached hydrogens (primary N) is 1. The molecule has 0 heterocycles. The van der Waals surface area contributed by atoms with Crippen LogP contribution in [0.3, 0.4) is 0 Å². The summed E-state index contributed by atoms with van der Waals surface area (Å²) in [7, 11) is 0. The predicted octanol–water partition coefficient (Wildman–Crippen LogP) is -10.0. The van der Waals surface area contributed by atoms with Crippen LogP contribution in [0, 0.1) is 5.41 Å². The van der Waals surface area contributed by atoms with Gasteiger partial charge in [-0.3, -0.25) is 20.5 Å². The van der Waals surface area contributed by atoms with E-state index in [2.05, 4.69) is 5.48 Å². The van der Waals surface area contributed by atoms with Crippen molar-refractivity contribution in [3.63, 3.8) is 0 Å². The zero-order chi connectivity index (χ0) is 13.1. The van der Waals surface area contributed by atoms with Gasteiger partial charge in [-0.2, -0.15) is 0 Å². The number of carbonyl (C=O) groups is 1. The van der Waals surface area contributed by atoms with Crippen LogP contribution >= 0.6 is 0 Å². The second kappa shape index (κ2) is 17.9. The Kier molecular flexibility index (Phi) is 27.1. The number of amidine groups is 1. The van der Waals surface area contributed by atoms with Gasteiger partial charge >= 0.3 is 82.3 Å². The molecule has 18 heavy (non-hydrogen) atoms. The zero-order valence-corrected chi connectivity index (χ0v) is 14.4. The molecule has 12 heteroatoms. The maximum atomic E-state index is 10.2. The number of aliphatic carboxylic acids is 1. The van der Waals surface area contributed by atoms with Gasteiger partial charge in [-0.1, -0.05) is 0 Å². The molecule has 0 saturated carbocycles. The molecule has 0 aliphatic heterocycles. The van der Waals surface area contributed by atoms with Gasteiger partial charge in [-0.05, 0) is 13.3 Å². The first-order valence-electron chi connectivity index (χ1n) is 4.02. The predicted molar refractivity (Wildman–Crippen MR) is 50.7 cm³/mol. The molecular formula is C6H14AsLiN3NaO6. The van der Waals surface area contributed by atoms with Gasteiger partial charge in [-0.15, -0.1) is 0 Å². The molecule has 1 unspecified atom stereocenters. The average molecular weight is 329 g/mol. The quantitative estimate of drug-likeness (QED) is 0.109. The molecule has 0 saturated heterocycles. The Morgan fingerprint density at radius 3 is 2.28 bits per heavy atom. The molecular weight excluding hydrogens is 315 g/mol. The Morgan fingerprint density at radius 1 is 1.61 bits per heavy atom. The third-order valence-corrected chi connectivity index (χ3v) is 1.07. The number of carboxylic acid groups (broad SMARTS) is 1. The summed E-state index contributed by atoms with van der Waals surface area (Å²) in [6, 6.07) is -0.905. The van der Waals surface area contributed by atoms with Gasteiger partial charge in [0.05, 0.1) is 6.61 Å². The van der Waals surface area contributed by atoms with Crippen molar-refractivity contribution in [1.82, 2.24) is 5.48 Å². The fourth-order valence-electron chi connectivity index (χ4n) is 0.469. The van der Waals surface area contributed by atoms with Gasteiger partial charge in [0.2, 0.25) is 0 Å². The fourth-order valence-corrected chi connectivity index (χ4v) is 0.469. The van der Waals surface area contributed by atoms with Gasteiger partial charge in [0, 0.05) is 0 Å². The van der Waals surface area contributed by atoms with Gasteiger partial charge < -0.3 is 10.8 Å². The Balaban J connectivity index is -0.000000143. The number of nitrogens with one attached hydrogen (secondary N) is 2. The molecule has 0 aromatic heterocycles. The third kappa shape index (κ3) is 30.2. The van der Waals surface area contributed by atoms with Crippen molar-refractivity contribution >= 4 is 27.5 Å². The molecule has 0 bridgehead atoms. The Bertz CT molecular complexity index is 223. The average Bonchev–Trinajstić information content (AvgIpc) is 2.10. The van der Waals surface area contributed by atoms with Crippen LogP contribution in [0.1, 0.15) is 13.3 Å². The van der Waals surface area contributed by atoms with Crippen LogP contribution in [0.15, 0.2) is 0 Å². The fraction of sp³-hybridized carbons (Fsp3) is 0.667. The molecule has 96 valence electrons. The van der Waals surface area contributed by atoms with E-state index in [1.807, 2.05) is 0 Å². The molecule has 0 spiro atoms. The summed E-state index contributed by atoms with van der Waals surface area (Å²) < 4.78 is 24.4. The second-order valence-corrected chi connectivity index (χ2v) is 3.54. The molecule has 0 aliphatic rings. The third-order valence-electron chi connectivity index (χ3n) is 1.07. The van der Waals surface area contributed by atoms with Crippen LogP contribution < -0.4 is 67.8 Å². The van der Waals surface area contributed by atoms with Crippen molar-refractivity contribution in [2.24, 2.45) is 5.73 Å². The molecule has 0 aromatic carbocycles. The standard InChI is InChI=1S/C6H13N3O3.AsHO3.Li.Na/c1-4(7)9-12-3-2-5(8)6(10)11;2-1(3)4;;/h5H,2-3,8H2,1H3,(H2,7,9)(H,10,11);2H;;/q;-2;2*+1. The molecule has 0 radical (unpaired) electrons. The van der Waals surface area contributed by atoms with Crippen molar-refractivity contribution in [1.29, 1.82) is 5.41 Å². The van der Waals surface area contributed by atoms with Crippen molar-refractivity contribution in [2.45, 2.75) is 19.4 Å². The molecule has 0 amide bonds. The molecule has 0 aromatic rings. The van der Waals surface area contributed by atoms with E-state index in [0.29, 0.717) is 0 Å². The summed E-state index contributed by atoms with van der Waals surface area (Å²) in [5, 5.41) is 15.2. The monoisotopic (exact) mass is 329 g/mol. The number of hydrogen-bond acceptors (Lipinski definition) is 7. The summed E-state index contributed by atoms with van der Waals surface area (Å²) in [6.07, 6.45) is 0.218. The minimum atomic E-state index is -3.69. The summed E-state index contributed by atoms with van der Waals surface area (Å²) in [5.74, 6) is -0.885. The van der Waals surface area contributed by atoms with E-state index in [1.54, 1.807) is 0 Å². The Labute approximate surface area is 144 Å². The SMILES string of the molecule is CC(=N)NOCCC(N)C(=O)O.[Li+].[Na+].[O-][As]([O-])O. The Hall–Kier alpha value is 0.896. The first kappa shape index (κ1) is 27.3. The number of rotatable bonds is 5. The first-order chi connectivity index (χ1) is 7.27. The summed E-state index contributed by atoms with van der Waals surface area (Å²) in [5.41, 5.74) is 7.45. The van der Waals surface area contributed by atoms with Crippen LogP contribution in [-0.4, -0.2) is 49.3 Å². The first-order valence-corrected chi connectivity index (χ1v) is 6.39. The van der Waals surface area contributed by atoms with E-state index in [4.69, 9.17) is 33.4 Å². The molecule has 9 nitrogen and oxygen atoms in total. The maximum absolute atomic E-state index is 10.2. The van der Waals surface area contributed by atoms with Crippen LogP contribution in [0.25, 0.3) is 0 Å². The minimum absolute atomic E-state index is 0. The molecule has 0 aliphatic carbocycles. The molecule has 6 N–H and O–H groups in total. The van der Waals surface area contributed by atoms with E-state index in [-0.39, 0.29) is 67.3 Å². The van der Waals surface area contributed by atoms with Gasteiger partial charge in [0.1, 0.15) is 11.9 Å². The van der Waals surface area contributed by atoms with Crippen molar-refractivity contribution in [3.8, 4) is 0 Å². The molecule has 0 rings (SSSR count). The van der Waals surface area contributed by atoms with Crippen molar-refractivity contribution in [2.75, 3.05) is 6.61 Å². The van der Waals surface area contributed by atoms with Crippen LogP contribution in [-0.2, 0) is 9.63 Å². The van der Waals surface area contributed by atoms with E-state index < -0.39 is 27.7 Å². The van der Waals surface area contributed by atoms with E-state index in [9.17, 15) is 4.79 Å². The summed E-state index contributed by atoms with van der Waals surface area (Å²) >= 11 is -3.69. The van der Waals surface area contributed by atoms with Crippen molar-refractivity contribution in [3.05, 3.63) is 0 Å². The molecule has 1 atom stereocenters. The van der Waals surface area contributed by atoms with Crippen LogP contribution in [0.2, 0.25) is 0 Å². The van der Waals surface area contributed by atoms with Gasteiger partial charge in [-0.25, -0.2) is 0 Å². The van der Waals surface area contributed by atoms with Crippen molar-refractivity contribution < 1.29 is 75.4 Å². The van der Waals surface area contributed by atoms with Gasteiger partial charge in [0.25, 0.3) is 0 Å². The number of hydrogen-bond donors (Lipinski definition) is 5. The summed E-state index contributed by atoms with van der Waals surface area (Å²) in [4.78, 5) is 14.9. The normalized spacial score (nSPS) is 10.1. The van der Waals surface area contributed by atoms with Crippen LogP contribution in [0.4, 0.5) is 0 Å². The van der Waals surface area contributed by atoms with Gasteiger partial charge in [0.15, 0.2) is 0 Å². The molecule has 0 fully saturated rings. The summed E-state index contributed by atoms with van der Waals surface area (Å²) in [6.45, 7) is 1.68. The van der Waals surface area contributed by atoms with E-state index in [1.165, 1.54) is 6.92 Å².